The van der Waals surface area contributed by atoms with Crippen LogP contribution in [0, 0.1) is 12.8 Å². The van der Waals surface area contributed by atoms with Gasteiger partial charge in [-0.1, -0.05) is 0 Å². The van der Waals surface area contributed by atoms with Crippen molar-refractivity contribution in [3.8, 4) is 11.5 Å². The van der Waals surface area contributed by atoms with Crippen LogP contribution in [0.5, 0.6) is 11.5 Å². The first kappa shape index (κ1) is 18.8. The summed E-state index contributed by atoms with van der Waals surface area (Å²) in [7, 11) is 3.20. The number of hydrogen-bond acceptors (Lipinski definition) is 5. The highest BCUT2D eigenvalue weighted by atomic mass is 16.5. The van der Waals surface area contributed by atoms with E-state index in [1.165, 1.54) is 11.0 Å². The lowest BCUT2D eigenvalue weighted by molar-refractivity contribution is 0.0694. The van der Waals surface area contributed by atoms with Crippen LogP contribution in [0.25, 0.3) is 0 Å². The van der Waals surface area contributed by atoms with E-state index in [1.54, 1.807) is 39.3 Å². The quantitative estimate of drug-likeness (QED) is 0.763. The molecular weight excluding hydrogens is 350 g/mol. The summed E-state index contributed by atoms with van der Waals surface area (Å²) in [5.74, 6) is 1.09. The second-order valence-corrected chi connectivity index (χ2v) is 6.77. The van der Waals surface area contributed by atoms with Gasteiger partial charge in [-0.25, -0.2) is 4.79 Å². The van der Waals surface area contributed by atoms with E-state index in [1.807, 2.05) is 0 Å². The van der Waals surface area contributed by atoms with Gasteiger partial charge < -0.3 is 23.9 Å². The largest absolute Gasteiger partial charge is 0.497 e. The fraction of sp³-hybridized carbons (Fsp3) is 0.400. The molecule has 0 unspecified atom stereocenters. The molecule has 0 atom stereocenters. The molecule has 7 nitrogen and oxygen atoms in total. The summed E-state index contributed by atoms with van der Waals surface area (Å²) in [5.41, 5.74) is 0.532. The van der Waals surface area contributed by atoms with Crippen LogP contribution in [0.15, 0.2) is 28.7 Å². The highest BCUT2D eigenvalue weighted by molar-refractivity contribution is 5.97. The Balaban J connectivity index is 1.77. The third-order valence-corrected chi connectivity index (χ3v) is 4.53. The van der Waals surface area contributed by atoms with E-state index in [-0.39, 0.29) is 18.0 Å². The summed E-state index contributed by atoms with van der Waals surface area (Å²) in [6.07, 6.45) is 2.30. The number of amides is 1. The van der Waals surface area contributed by atoms with Crippen LogP contribution < -0.4 is 9.47 Å². The number of furan rings is 1. The second-order valence-electron chi connectivity index (χ2n) is 6.77. The Hall–Kier alpha value is -2.96. The third-order valence-electron chi connectivity index (χ3n) is 4.53. The van der Waals surface area contributed by atoms with E-state index in [0.29, 0.717) is 41.1 Å². The number of nitrogens with zero attached hydrogens (tertiary/aromatic N) is 1. The van der Waals surface area contributed by atoms with Crippen molar-refractivity contribution in [1.82, 2.24) is 4.90 Å². The molecule has 1 aliphatic carbocycles. The Morgan fingerprint density at radius 3 is 2.59 bits per heavy atom. The first-order chi connectivity index (χ1) is 12.9. The normalized spacial score (nSPS) is 13.3. The van der Waals surface area contributed by atoms with Crippen LogP contribution >= 0.6 is 0 Å². The Bertz CT molecular complexity index is 852. The van der Waals surface area contributed by atoms with E-state index in [4.69, 9.17) is 19.0 Å². The smallest absolute Gasteiger partial charge is 0.339 e. The van der Waals surface area contributed by atoms with E-state index < -0.39 is 5.97 Å². The van der Waals surface area contributed by atoms with Gasteiger partial charge in [-0.05, 0) is 43.9 Å². The number of carboxylic acid groups (broad SMARTS) is 1. The molecule has 0 spiro atoms. The zero-order chi connectivity index (χ0) is 19.6. The molecule has 144 valence electrons. The molecule has 27 heavy (non-hydrogen) atoms. The lowest BCUT2D eigenvalue weighted by atomic mass is 10.1. The van der Waals surface area contributed by atoms with Crippen LogP contribution in [0.2, 0.25) is 0 Å². The highest BCUT2D eigenvalue weighted by Crippen LogP contribution is 2.32. The highest BCUT2D eigenvalue weighted by Gasteiger charge is 2.25. The van der Waals surface area contributed by atoms with E-state index in [2.05, 4.69) is 0 Å². The number of benzene rings is 1. The standard InChI is InChI=1S/C20H23NO6/c1-12-17(20(23)24)8-15(27-12)10-21(2)19(22)16-7-6-14(25-3)9-18(16)26-11-13-4-5-13/h6-9,13H,4-5,10-11H2,1-3H3,(H,23,24). The van der Waals surface area contributed by atoms with Gasteiger partial charge in [0.2, 0.25) is 0 Å². The SMILES string of the molecule is COc1ccc(C(=O)N(C)Cc2cc(C(=O)O)c(C)o2)c(OCC2CC2)c1. The Kier molecular flexibility index (Phi) is 5.39. The van der Waals surface area contributed by atoms with Crippen LogP contribution in [-0.2, 0) is 6.54 Å². The summed E-state index contributed by atoms with van der Waals surface area (Å²) in [6, 6.07) is 6.55. The fourth-order valence-electron chi connectivity index (χ4n) is 2.76. The number of aromatic carboxylic acids is 1. The van der Waals surface area contributed by atoms with Crippen molar-refractivity contribution in [3.05, 3.63) is 46.9 Å². The van der Waals surface area contributed by atoms with Crippen LogP contribution in [0.1, 0.15) is 45.1 Å². The molecule has 1 fully saturated rings. The van der Waals surface area contributed by atoms with Gasteiger partial charge in [-0.3, -0.25) is 4.79 Å². The minimum atomic E-state index is -1.05. The number of ether oxygens (including phenoxy) is 2. The third kappa shape index (κ3) is 4.42. The maximum atomic E-state index is 12.9. The summed E-state index contributed by atoms with van der Waals surface area (Å²) in [5, 5.41) is 9.13. The topological polar surface area (TPSA) is 89.2 Å². The van der Waals surface area contributed by atoms with Crippen LogP contribution in [0.4, 0.5) is 0 Å². The zero-order valence-corrected chi connectivity index (χ0v) is 15.7. The van der Waals surface area contributed by atoms with E-state index >= 15 is 0 Å². The van der Waals surface area contributed by atoms with Gasteiger partial charge in [0, 0.05) is 13.1 Å². The number of hydrogen-bond donors (Lipinski definition) is 1. The molecule has 0 bridgehead atoms. The molecule has 0 aliphatic heterocycles. The van der Waals surface area contributed by atoms with Crippen molar-refractivity contribution >= 4 is 11.9 Å². The van der Waals surface area contributed by atoms with E-state index in [9.17, 15) is 9.59 Å². The molecule has 1 N–H and O–H groups in total. The Morgan fingerprint density at radius 2 is 2.00 bits per heavy atom. The molecule has 1 aromatic heterocycles. The first-order valence-electron chi connectivity index (χ1n) is 8.78. The van der Waals surface area contributed by atoms with Crippen molar-refractivity contribution < 1.29 is 28.6 Å². The van der Waals surface area contributed by atoms with Crippen molar-refractivity contribution in [2.24, 2.45) is 5.92 Å². The fourth-order valence-corrected chi connectivity index (χ4v) is 2.76. The number of rotatable bonds is 8. The van der Waals surface area contributed by atoms with Gasteiger partial charge in [0.05, 0.1) is 25.8 Å². The Labute approximate surface area is 157 Å². The minimum absolute atomic E-state index is 0.101. The predicted octanol–water partition coefficient (Wildman–Crippen LogP) is 3.36. The summed E-state index contributed by atoms with van der Waals surface area (Å²) < 4.78 is 16.5. The average Bonchev–Trinajstić information content (AvgIpc) is 3.40. The van der Waals surface area contributed by atoms with Gasteiger partial charge >= 0.3 is 5.97 Å². The zero-order valence-electron chi connectivity index (χ0n) is 15.7. The van der Waals surface area contributed by atoms with Gasteiger partial charge in [0.15, 0.2) is 0 Å². The summed E-state index contributed by atoms with van der Waals surface area (Å²) >= 11 is 0. The van der Waals surface area contributed by atoms with Crippen molar-refractivity contribution in [2.75, 3.05) is 20.8 Å². The molecule has 3 rings (SSSR count). The number of methoxy groups -OCH3 is 1. The van der Waals surface area contributed by atoms with E-state index in [0.717, 1.165) is 12.8 Å². The van der Waals surface area contributed by atoms with Crippen LogP contribution in [-0.4, -0.2) is 42.6 Å². The Morgan fingerprint density at radius 1 is 1.26 bits per heavy atom. The molecule has 2 aromatic rings. The van der Waals surface area contributed by atoms with Gasteiger partial charge in [0.25, 0.3) is 5.91 Å². The lowest BCUT2D eigenvalue weighted by Gasteiger charge is -2.19. The molecular formula is C20H23NO6. The molecule has 0 radical (unpaired) electrons. The van der Waals surface area contributed by atoms with Crippen LogP contribution in [0.3, 0.4) is 0 Å². The van der Waals surface area contributed by atoms with Crippen molar-refractivity contribution in [1.29, 1.82) is 0 Å². The predicted molar refractivity (Wildman–Crippen MR) is 97.4 cm³/mol. The molecule has 1 aromatic carbocycles. The maximum Gasteiger partial charge on any atom is 0.339 e. The van der Waals surface area contributed by atoms with Crippen molar-refractivity contribution in [3.63, 3.8) is 0 Å². The number of carboxylic acids is 1. The summed E-state index contributed by atoms with van der Waals surface area (Å²) in [6.45, 7) is 2.32. The molecule has 1 aliphatic rings. The molecule has 0 saturated heterocycles. The maximum absolute atomic E-state index is 12.9. The molecule has 1 saturated carbocycles. The number of carbonyl (C=O) groups excluding carboxylic acids is 1. The number of carbonyl (C=O) groups is 2. The lowest BCUT2D eigenvalue weighted by Crippen LogP contribution is -2.26. The monoisotopic (exact) mass is 373 g/mol. The van der Waals surface area contributed by atoms with Crippen molar-refractivity contribution in [2.45, 2.75) is 26.3 Å². The molecule has 1 heterocycles. The second kappa shape index (κ2) is 7.73. The average molecular weight is 373 g/mol. The minimum Gasteiger partial charge on any atom is -0.497 e. The number of aryl methyl sites for hydroxylation is 1. The van der Waals surface area contributed by atoms with Gasteiger partial charge in [-0.15, -0.1) is 0 Å². The van der Waals surface area contributed by atoms with Gasteiger partial charge in [-0.2, -0.15) is 0 Å². The van der Waals surface area contributed by atoms with Gasteiger partial charge in [0.1, 0.15) is 28.6 Å². The summed E-state index contributed by atoms with van der Waals surface area (Å²) in [4.78, 5) is 25.5. The first-order valence-corrected chi connectivity index (χ1v) is 8.78. The molecule has 7 heteroatoms. The molecule has 1 amide bonds.